The zero-order valence-electron chi connectivity index (χ0n) is 11.1. The average Bonchev–Trinajstić information content (AvgIpc) is 2.28. The van der Waals surface area contributed by atoms with Gasteiger partial charge in [-0.3, -0.25) is 0 Å². The highest BCUT2D eigenvalue weighted by molar-refractivity contribution is 6.89. The highest BCUT2D eigenvalue weighted by Crippen LogP contribution is 2.23. The summed E-state index contributed by atoms with van der Waals surface area (Å²) in [5.41, 5.74) is 4.16. The molecule has 0 heterocycles. The maximum absolute atomic E-state index is 2.41. The van der Waals surface area contributed by atoms with Crippen LogP contribution in [-0.2, 0) is 0 Å². The summed E-state index contributed by atoms with van der Waals surface area (Å²) >= 11 is 0. The van der Waals surface area contributed by atoms with Crippen molar-refractivity contribution in [2.75, 3.05) is 0 Å². The molecule has 0 fully saturated rings. The molecule has 17 heavy (non-hydrogen) atoms. The van der Waals surface area contributed by atoms with Crippen molar-refractivity contribution in [1.29, 1.82) is 0 Å². The van der Waals surface area contributed by atoms with Gasteiger partial charge in [0.15, 0.2) is 0 Å². The lowest BCUT2D eigenvalue weighted by Crippen LogP contribution is -2.38. The van der Waals surface area contributed by atoms with Crippen molar-refractivity contribution in [2.45, 2.75) is 26.6 Å². The second kappa shape index (κ2) is 4.50. The third kappa shape index (κ3) is 2.50. The lowest BCUT2D eigenvalue weighted by atomic mass is 10.0. The van der Waals surface area contributed by atoms with Gasteiger partial charge in [-0.25, -0.2) is 0 Å². The molecule has 0 aliphatic carbocycles. The zero-order valence-corrected chi connectivity index (χ0v) is 12.1. The largest absolute Gasteiger partial charge is 0.0784 e. The van der Waals surface area contributed by atoms with Gasteiger partial charge in [0.25, 0.3) is 0 Å². The molecule has 0 unspecified atom stereocenters. The van der Waals surface area contributed by atoms with E-state index in [0.29, 0.717) is 0 Å². The SMILES string of the molecule is Cc1ccccc1-c1ccccc1[Si](C)(C)C. The highest BCUT2D eigenvalue weighted by Gasteiger charge is 2.20. The molecule has 0 amide bonds. The summed E-state index contributed by atoms with van der Waals surface area (Å²) in [6.07, 6.45) is 0. The Balaban J connectivity index is 2.65. The summed E-state index contributed by atoms with van der Waals surface area (Å²) in [7, 11) is -1.28. The molecule has 2 aromatic rings. The van der Waals surface area contributed by atoms with E-state index in [1.165, 1.54) is 16.7 Å². The van der Waals surface area contributed by atoms with Gasteiger partial charge in [-0.1, -0.05) is 73.4 Å². The normalized spacial score (nSPS) is 11.5. The summed E-state index contributed by atoms with van der Waals surface area (Å²) in [4.78, 5) is 0. The molecule has 0 saturated heterocycles. The predicted molar refractivity (Wildman–Crippen MR) is 79.6 cm³/mol. The minimum absolute atomic E-state index is 1.28. The Morgan fingerprint density at radius 2 is 1.24 bits per heavy atom. The van der Waals surface area contributed by atoms with E-state index in [9.17, 15) is 0 Å². The fraction of sp³-hybridized carbons (Fsp3) is 0.250. The van der Waals surface area contributed by atoms with Crippen LogP contribution in [0.1, 0.15) is 5.56 Å². The van der Waals surface area contributed by atoms with Gasteiger partial charge in [-0.2, -0.15) is 0 Å². The molecule has 0 radical (unpaired) electrons. The van der Waals surface area contributed by atoms with Crippen molar-refractivity contribution in [1.82, 2.24) is 0 Å². The zero-order chi connectivity index (χ0) is 12.5. The van der Waals surface area contributed by atoms with Gasteiger partial charge in [0.2, 0.25) is 0 Å². The number of hydrogen-bond acceptors (Lipinski definition) is 0. The van der Waals surface area contributed by atoms with E-state index in [1.54, 1.807) is 5.19 Å². The van der Waals surface area contributed by atoms with Crippen molar-refractivity contribution >= 4 is 13.3 Å². The van der Waals surface area contributed by atoms with E-state index in [2.05, 4.69) is 75.1 Å². The van der Waals surface area contributed by atoms with Crippen molar-refractivity contribution in [2.24, 2.45) is 0 Å². The molecule has 1 heteroatoms. The van der Waals surface area contributed by atoms with E-state index in [-0.39, 0.29) is 0 Å². The molecule has 0 bridgehead atoms. The lowest BCUT2D eigenvalue weighted by Gasteiger charge is -2.21. The molecule has 2 aromatic carbocycles. The quantitative estimate of drug-likeness (QED) is 0.690. The molecule has 0 N–H and O–H groups in total. The molecular weight excluding hydrogens is 220 g/mol. The van der Waals surface area contributed by atoms with Crippen LogP contribution in [0.15, 0.2) is 48.5 Å². The number of benzene rings is 2. The van der Waals surface area contributed by atoms with Crippen LogP contribution in [0.5, 0.6) is 0 Å². The van der Waals surface area contributed by atoms with E-state index < -0.39 is 8.07 Å². The Kier molecular flexibility index (Phi) is 3.21. The predicted octanol–water partition coefficient (Wildman–Crippen LogP) is 4.21. The van der Waals surface area contributed by atoms with Crippen LogP contribution < -0.4 is 5.19 Å². The molecule has 2 rings (SSSR count). The smallest absolute Gasteiger partial charge is 0.0656 e. The molecule has 0 nitrogen and oxygen atoms in total. The summed E-state index contributed by atoms with van der Waals surface area (Å²) in [5, 5.41) is 1.55. The Hall–Kier alpha value is -1.34. The maximum atomic E-state index is 2.41. The summed E-state index contributed by atoms with van der Waals surface area (Å²) in [5.74, 6) is 0. The van der Waals surface area contributed by atoms with Gasteiger partial charge >= 0.3 is 0 Å². The van der Waals surface area contributed by atoms with Crippen molar-refractivity contribution < 1.29 is 0 Å². The molecule has 0 atom stereocenters. The second-order valence-corrected chi connectivity index (χ2v) is 10.6. The van der Waals surface area contributed by atoms with Gasteiger partial charge in [0.1, 0.15) is 0 Å². The van der Waals surface area contributed by atoms with Crippen molar-refractivity contribution in [3.8, 4) is 11.1 Å². The third-order valence-electron chi connectivity index (χ3n) is 3.17. The monoisotopic (exact) mass is 240 g/mol. The molecule has 0 saturated carbocycles. The van der Waals surface area contributed by atoms with Crippen LogP contribution in [-0.4, -0.2) is 8.07 Å². The van der Waals surface area contributed by atoms with Crippen LogP contribution >= 0.6 is 0 Å². The maximum Gasteiger partial charge on any atom is 0.0784 e. The standard InChI is InChI=1S/C16H20Si/c1-13-9-5-6-10-14(13)15-11-7-8-12-16(15)17(2,3)4/h5-12H,1-4H3. The minimum Gasteiger partial charge on any atom is -0.0656 e. The topological polar surface area (TPSA) is 0 Å². The molecular formula is C16H20Si. The fourth-order valence-corrected chi connectivity index (χ4v) is 3.87. The van der Waals surface area contributed by atoms with Gasteiger partial charge < -0.3 is 0 Å². The Bertz CT molecular complexity index is 521. The van der Waals surface area contributed by atoms with Crippen LogP contribution in [0, 0.1) is 6.92 Å². The third-order valence-corrected chi connectivity index (χ3v) is 5.22. The van der Waals surface area contributed by atoms with Crippen LogP contribution in [0.3, 0.4) is 0 Å². The fourth-order valence-electron chi connectivity index (χ4n) is 2.25. The summed E-state index contributed by atoms with van der Waals surface area (Å²) in [6, 6.07) is 17.5. The molecule has 88 valence electrons. The van der Waals surface area contributed by atoms with Crippen LogP contribution in [0.25, 0.3) is 11.1 Å². The minimum atomic E-state index is -1.28. The van der Waals surface area contributed by atoms with Crippen LogP contribution in [0.4, 0.5) is 0 Å². The van der Waals surface area contributed by atoms with Gasteiger partial charge in [0.05, 0.1) is 8.07 Å². The van der Waals surface area contributed by atoms with Crippen LogP contribution in [0.2, 0.25) is 19.6 Å². The first kappa shape index (κ1) is 12.1. The first-order valence-corrected chi connectivity index (χ1v) is 9.65. The number of hydrogen-bond donors (Lipinski definition) is 0. The Morgan fingerprint density at radius 3 is 1.82 bits per heavy atom. The van der Waals surface area contributed by atoms with E-state index in [0.717, 1.165) is 0 Å². The first-order chi connectivity index (χ1) is 8.00. The van der Waals surface area contributed by atoms with Crippen molar-refractivity contribution in [3.63, 3.8) is 0 Å². The first-order valence-electron chi connectivity index (χ1n) is 6.15. The molecule has 0 aliphatic heterocycles. The highest BCUT2D eigenvalue weighted by atomic mass is 28.3. The van der Waals surface area contributed by atoms with Gasteiger partial charge in [-0.15, -0.1) is 0 Å². The number of aryl methyl sites for hydroxylation is 1. The summed E-state index contributed by atoms with van der Waals surface area (Å²) < 4.78 is 0. The second-order valence-electron chi connectivity index (χ2n) is 5.61. The number of rotatable bonds is 2. The van der Waals surface area contributed by atoms with Gasteiger partial charge in [-0.05, 0) is 23.6 Å². The average molecular weight is 240 g/mol. The lowest BCUT2D eigenvalue weighted by molar-refractivity contribution is 1.46. The van der Waals surface area contributed by atoms with E-state index in [1.807, 2.05) is 0 Å². The molecule has 0 aromatic heterocycles. The van der Waals surface area contributed by atoms with E-state index >= 15 is 0 Å². The summed E-state index contributed by atoms with van der Waals surface area (Å²) in [6.45, 7) is 9.41. The Labute approximate surface area is 105 Å². The van der Waals surface area contributed by atoms with E-state index in [4.69, 9.17) is 0 Å². The molecule has 0 aliphatic rings. The Morgan fingerprint density at radius 1 is 0.706 bits per heavy atom. The molecule has 0 spiro atoms. The van der Waals surface area contributed by atoms with Gasteiger partial charge in [0, 0.05) is 0 Å². The van der Waals surface area contributed by atoms with Crippen molar-refractivity contribution in [3.05, 3.63) is 54.1 Å².